The number of rotatable bonds is 3. The number of thiophene rings is 1. The molecule has 1 N–H and O–H groups in total. The standard InChI is InChI=1S/C15H12FNOS/c1-2-10-4-6-14(19-10)15-12(8-18)11-7-9(16)3-5-13(11)17-15/h3-8,17H,2H2,1H3. The lowest BCUT2D eigenvalue weighted by atomic mass is 10.1. The Kier molecular flexibility index (Phi) is 2.95. The highest BCUT2D eigenvalue weighted by atomic mass is 32.1. The van der Waals surface area contributed by atoms with Crippen LogP contribution in [-0.4, -0.2) is 11.3 Å². The van der Waals surface area contributed by atoms with Crippen LogP contribution in [0.1, 0.15) is 22.2 Å². The number of aromatic nitrogens is 1. The second-order valence-electron chi connectivity index (χ2n) is 4.34. The molecule has 0 aliphatic carbocycles. The second kappa shape index (κ2) is 4.63. The third-order valence-electron chi connectivity index (χ3n) is 3.18. The van der Waals surface area contributed by atoms with Crippen LogP contribution in [0.5, 0.6) is 0 Å². The summed E-state index contributed by atoms with van der Waals surface area (Å²) in [6, 6.07) is 8.50. The van der Waals surface area contributed by atoms with Gasteiger partial charge in [0.05, 0.1) is 10.6 Å². The molecule has 2 aromatic heterocycles. The highest BCUT2D eigenvalue weighted by Crippen LogP contribution is 2.34. The van der Waals surface area contributed by atoms with Crippen LogP contribution in [-0.2, 0) is 6.42 Å². The van der Waals surface area contributed by atoms with Gasteiger partial charge in [0.15, 0.2) is 6.29 Å². The molecule has 0 spiro atoms. The number of carbonyl (C=O) groups is 1. The number of fused-ring (bicyclic) bond motifs is 1. The first-order valence-electron chi connectivity index (χ1n) is 6.08. The average molecular weight is 273 g/mol. The Labute approximate surface area is 113 Å². The summed E-state index contributed by atoms with van der Waals surface area (Å²) in [5.41, 5.74) is 2.09. The number of aromatic amines is 1. The summed E-state index contributed by atoms with van der Waals surface area (Å²) in [7, 11) is 0. The first kappa shape index (κ1) is 12.1. The van der Waals surface area contributed by atoms with Crippen molar-refractivity contribution in [2.24, 2.45) is 0 Å². The van der Waals surface area contributed by atoms with Crippen LogP contribution >= 0.6 is 11.3 Å². The Morgan fingerprint density at radius 1 is 1.32 bits per heavy atom. The van der Waals surface area contributed by atoms with E-state index in [9.17, 15) is 9.18 Å². The zero-order chi connectivity index (χ0) is 13.4. The van der Waals surface area contributed by atoms with Gasteiger partial charge in [-0.3, -0.25) is 4.79 Å². The normalized spacial score (nSPS) is 11.1. The van der Waals surface area contributed by atoms with Crippen LogP contribution in [0.3, 0.4) is 0 Å². The van der Waals surface area contributed by atoms with Gasteiger partial charge in [-0.25, -0.2) is 4.39 Å². The van der Waals surface area contributed by atoms with Gasteiger partial charge in [-0.1, -0.05) is 6.92 Å². The van der Waals surface area contributed by atoms with Gasteiger partial charge in [-0.15, -0.1) is 11.3 Å². The van der Waals surface area contributed by atoms with E-state index in [4.69, 9.17) is 0 Å². The maximum Gasteiger partial charge on any atom is 0.152 e. The highest BCUT2D eigenvalue weighted by Gasteiger charge is 2.14. The fourth-order valence-electron chi connectivity index (χ4n) is 2.20. The van der Waals surface area contributed by atoms with Gasteiger partial charge >= 0.3 is 0 Å². The van der Waals surface area contributed by atoms with E-state index in [2.05, 4.69) is 18.0 Å². The number of hydrogen-bond acceptors (Lipinski definition) is 2. The van der Waals surface area contributed by atoms with Crippen LogP contribution in [0.25, 0.3) is 21.5 Å². The predicted octanol–water partition coefficient (Wildman–Crippen LogP) is 4.41. The van der Waals surface area contributed by atoms with E-state index < -0.39 is 0 Å². The molecule has 0 unspecified atom stereocenters. The molecular weight excluding hydrogens is 261 g/mol. The second-order valence-corrected chi connectivity index (χ2v) is 5.51. The molecule has 2 nitrogen and oxygen atoms in total. The van der Waals surface area contributed by atoms with Crippen molar-refractivity contribution in [3.8, 4) is 10.6 Å². The van der Waals surface area contributed by atoms with Crippen molar-refractivity contribution >= 4 is 28.5 Å². The minimum absolute atomic E-state index is 0.332. The smallest absolute Gasteiger partial charge is 0.152 e. The maximum absolute atomic E-state index is 13.3. The SMILES string of the molecule is CCc1ccc(-c2[nH]c3ccc(F)cc3c2C=O)s1. The minimum atomic E-state index is -0.332. The van der Waals surface area contributed by atoms with Crippen LogP contribution in [0.15, 0.2) is 30.3 Å². The zero-order valence-corrected chi connectivity index (χ0v) is 11.2. The van der Waals surface area contributed by atoms with E-state index in [1.165, 1.54) is 17.0 Å². The van der Waals surface area contributed by atoms with Gasteiger partial charge in [-0.05, 0) is 36.8 Å². The fraction of sp³-hybridized carbons (Fsp3) is 0.133. The molecule has 0 radical (unpaired) electrons. The van der Waals surface area contributed by atoms with Crippen molar-refractivity contribution in [2.45, 2.75) is 13.3 Å². The van der Waals surface area contributed by atoms with E-state index in [0.717, 1.165) is 28.8 Å². The molecule has 0 amide bonds. The van der Waals surface area contributed by atoms with E-state index in [-0.39, 0.29) is 5.82 Å². The lowest BCUT2D eigenvalue weighted by Crippen LogP contribution is -1.81. The maximum atomic E-state index is 13.3. The molecule has 0 atom stereocenters. The summed E-state index contributed by atoms with van der Waals surface area (Å²) in [5.74, 6) is -0.332. The number of halogens is 1. The van der Waals surface area contributed by atoms with Crippen LogP contribution in [0, 0.1) is 5.82 Å². The summed E-state index contributed by atoms with van der Waals surface area (Å²) in [4.78, 5) is 16.8. The Morgan fingerprint density at radius 2 is 2.16 bits per heavy atom. The Hall–Kier alpha value is -1.94. The lowest BCUT2D eigenvalue weighted by Gasteiger charge is -1.94. The first-order valence-corrected chi connectivity index (χ1v) is 6.90. The monoisotopic (exact) mass is 273 g/mol. The van der Waals surface area contributed by atoms with E-state index in [0.29, 0.717) is 10.9 Å². The van der Waals surface area contributed by atoms with E-state index in [1.807, 2.05) is 6.07 Å². The largest absolute Gasteiger partial charge is 0.353 e. The number of carbonyl (C=O) groups excluding carboxylic acids is 1. The number of H-pyrrole nitrogens is 1. The molecule has 0 saturated heterocycles. The van der Waals surface area contributed by atoms with Crippen molar-refractivity contribution < 1.29 is 9.18 Å². The van der Waals surface area contributed by atoms with Gasteiger partial charge in [0, 0.05) is 21.3 Å². The van der Waals surface area contributed by atoms with Gasteiger partial charge < -0.3 is 4.98 Å². The minimum Gasteiger partial charge on any atom is -0.353 e. The predicted molar refractivity (Wildman–Crippen MR) is 76.3 cm³/mol. The molecule has 0 fully saturated rings. The lowest BCUT2D eigenvalue weighted by molar-refractivity contribution is 0.112. The molecule has 0 aliphatic heterocycles. The van der Waals surface area contributed by atoms with E-state index >= 15 is 0 Å². The summed E-state index contributed by atoms with van der Waals surface area (Å²) in [5, 5.41) is 0.636. The fourth-order valence-corrected chi connectivity index (χ4v) is 3.17. The third-order valence-corrected chi connectivity index (χ3v) is 4.42. The quantitative estimate of drug-likeness (QED) is 0.704. The molecule has 0 bridgehead atoms. The number of aldehydes is 1. The Bertz CT molecular complexity index is 757. The van der Waals surface area contributed by atoms with Gasteiger partial charge in [-0.2, -0.15) is 0 Å². The summed E-state index contributed by atoms with van der Waals surface area (Å²) >= 11 is 1.65. The van der Waals surface area contributed by atoms with Crippen LogP contribution in [0.2, 0.25) is 0 Å². The summed E-state index contributed by atoms with van der Waals surface area (Å²) in [6.45, 7) is 2.09. The molecule has 1 aromatic carbocycles. The molecule has 4 heteroatoms. The highest BCUT2D eigenvalue weighted by molar-refractivity contribution is 7.15. The summed E-state index contributed by atoms with van der Waals surface area (Å²) in [6.07, 6.45) is 1.76. The van der Waals surface area contributed by atoms with Gasteiger partial charge in [0.2, 0.25) is 0 Å². The van der Waals surface area contributed by atoms with Gasteiger partial charge in [0.25, 0.3) is 0 Å². The number of benzene rings is 1. The number of aryl methyl sites for hydroxylation is 1. The van der Waals surface area contributed by atoms with Crippen LogP contribution < -0.4 is 0 Å². The van der Waals surface area contributed by atoms with Gasteiger partial charge in [0.1, 0.15) is 5.82 Å². The van der Waals surface area contributed by atoms with Crippen molar-refractivity contribution in [3.05, 3.63) is 46.6 Å². The summed E-state index contributed by atoms with van der Waals surface area (Å²) < 4.78 is 13.3. The molecule has 2 heterocycles. The molecule has 19 heavy (non-hydrogen) atoms. The van der Waals surface area contributed by atoms with Crippen molar-refractivity contribution in [1.29, 1.82) is 0 Å². The molecule has 3 aromatic rings. The number of nitrogens with one attached hydrogen (secondary N) is 1. The molecule has 96 valence electrons. The average Bonchev–Trinajstić information content (AvgIpc) is 3.01. The zero-order valence-electron chi connectivity index (χ0n) is 10.4. The van der Waals surface area contributed by atoms with Crippen molar-refractivity contribution in [3.63, 3.8) is 0 Å². The molecule has 0 aliphatic rings. The molecule has 3 rings (SSSR count). The number of hydrogen-bond donors (Lipinski definition) is 1. The third kappa shape index (κ3) is 1.98. The molecular formula is C15H12FNOS. The van der Waals surface area contributed by atoms with Crippen molar-refractivity contribution in [1.82, 2.24) is 4.98 Å². The molecule has 0 saturated carbocycles. The topological polar surface area (TPSA) is 32.9 Å². The van der Waals surface area contributed by atoms with Crippen molar-refractivity contribution in [2.75, 3.05) is 0 Å². The van der Waals surface area contributed by atoms with E-state index in [1.54, 1.807) is 17.4 Å². The Morgan fingerprint density at radius 3 is 2.84 bits per heavy atom. The Balaban J connectivity index is 2.25. The van der Waals surface area contributed by atoms with Crippen LogP contribution in [0.4, 0.5) is 4.39 Å². The first-order chi connectivity index (χ1) is 9.22.